The van der Waals surface area contributed by atoms with Crippen molar-refractivity contribution in [2.75, 3.05) is 6.61 Å². The van der Waals surface area contributed by atoms with Gasteiger partial charge in [-0.2, -0.15) is 0 Å². The van der Waals surface area contributed by atoms with Crippen molar-refractivity contribution >= 4 is 10.8 Å². The highest BCUT2D eigenvalue weighted by Crippen LogP contribution is 2.38. The maximum Gasteiger partial charge on any atom is 0.167 e. The highest BCUT2D eigenvalue weighted by atomic mass is 19.2. The lowest BCUT2D eigenvalue weighted by molar-refractivity contribution is 0.363. The van der Waals surface area contributed by atoms with Crippen LogP contribution in [-0.2, 0) is 0 Å². The molecule has 0 bridgehead atoms. The minimum absolute atomic E-state index is 0.230. The van der Waals surface area contributed by atoms with E-state index in [0.717, 1.165) is 5.56 Å². The van der Waals surface area contributed by atoms with Crippen molar-refractivity contribution in [1.29, 1.82) is 0 Å². The van der Waals surface area contributed by atoms with Crippen molar-refractivity contribution < 1.29 is 13.5 Å². The second kappa shape index (κ2) is 10.3. The summed E-state index contributed by atoms with van der Waals surface area (Å²) in [6, 6.07) is 15.3. The standard InChI is InChI=1S/C30H32F2O/c1-4-6-21-7-9-23(10-8-21)24-13-11-22(12-14-24)20(3)27-18-25-15-16-26(33-17-5-2)19-28(25)30(32)29(27)31/h4-6,11-16,18-21,23H,2,7-10,17H2,1,3H3/b6-4+. The number of ether oxygens (including phenoxy) is 1. The van der Waals surface area contributed by atoms with Crippen molar-refractivity contribution in [3.05, 3.63) is 102 Å². The van der Waals surface area contributed by atoms with Gasteiger partial charge in [-0.1, -0.05) is 62.1 Å². The summed E-state index contributed by atoms with van der Waals surface area (Å²) in [5, 5.41) is 0.894. The average Bonchev–Trinajstić information content (AvgIpc) is 2.85. The van der Waals surface area contributed by atoms with Gasteiger partial charge >= 0.3 is 0 Å². The Morgan fingerprint density at radius 3 is 2.39 bits per heavy atom. The van der Waals surface area contributed by atoms with E-state index in [0.29, 0.717) is 35.1 Å². The summed E-state index contributed by atoms with van der Waals surface area (Å²) in [4.78, 5) is 0. The molecule has 3 aromatic rings. The molecule has 0 aromatic heterocycles. The molecule has 1 aliphatic rings. The van der Waals surface area contributed by atoms with Crippen LogP contribution in [0.15, 0.2) is 73.3 Å². The van der Waals surface area contributed by atoms with Crippen molar-refractivity contribution in [3.8, 4) is 5.75 Å². The summed E-state index contributed by atoms with van der Waals surface area (Å²) in [5.41, 5.74) is 2.71. The van der Waals surface area contributed by atoms with Crippen molar-refractivity contribution in [2.24, 2.45) is 5.92 Å². The topological polar surface area (TPSA) is 9.23 Å². The fourth-order valence-electron chi connectivity index (χ4n) is 5.04. The van der Waals surface area contributed by atoms with Gasteiger partial charge in [0.2, 0.25) is 0 Å². The van der Waals surface area contributed by atoms with Crippen LogP contribution in [0.25, 0.3) is 10.8 Å². The molecular formula is C30H32F2O. The van der Waals surface area contributed by atoms with Crippen LogP contribution in [0.4, 0.5) is 8.78 Å². The van der Waals surface area contributed by atoms with E-state index in [-0.39, 0.29) is 11.3 Å². The van der Waals surface area contributed by atoms with Crippen molar-refractivity contribution in [1.82, 2.24) is 0 Å². The van der Waals surface area contributed by atoms with Gasteiger partial charge < -0.3 is 4.74 Å². The van der Waals surface area contributed by atoms with E-state index in [1.54, 1.807) is 30.3 Å². The third-order valence-electron chi connectivity index (χ3n) is 7.00. The van der Waals surface area contributed by atoms with Gasteiger partial charge in [-0.05, 0) is 84.7 Å². The maximum atomic E-state index is 15.1. The molecule has 172 valence electrons. The number of hydrogen-bond donors (Lipinski definition) is 0. The maximum absolute atomic E-state index is 15.1. The first-order valence-corrected chi connectivity index (χ1v) is 11.9. The molecule has 0 heterocycles. The zero-order valence-corrected chi connectivity index (χ0v) is 19.5. The van der Waals surface area contributed by atoms with Crippen LogP contribution in [-0.4, -0.2) is 6.61 Å². The van der Waals surface area contributed by atoms with Crippen LogP contribution >= 0.6 is 0 Å². The first-order valence-electron chi connectivity index (χ1n) is 11.9. The molecule has 1 nitrogen and oxygen atoms in total. The van der Waals surface area contributed by atoms with Gasteiger partial charge in [-0.3, -0.25) is 0 Å². The highest BCUT2D eigenvalue weighted by molar-refractivity contribution is 5.85. The summed E-state index contributed by atoms with van der Waals surface area (Å²) in [7, 11) is 0. The summed E-state index contributed by atoms with van der Waals surface area (Å²) in [5.74, 6) is -0.0729. The summed E-state index contributed by atoms with van der Waals surface area (Å²) in [6.45, 7) is 7.95. The minimum atomic E-state index is -0.826. The Bertz CT molecular complexity index is 1140. The zero-order chi connectivity index (χ0) is 23.4. The Labute approximate surface area is 195 Å². The van der Waals surface area contributed by atoms with E-state index in [4.69, 9.17) is 4.74 Å². The van der Waals surface area contributed by atoms with E-state index >= 15 is 4.39 Å². The molecule has 33 heavy (non-hydrogen) atoms. The van der Waals surface area contributed by atoms with Crippen LogP contribution in [0.5, 0.6) is 5.75 Å². The summed E-state index contributed by atoms with van der Waals surface area (Å²) < 4.78 is 35.5. The van der Waals surface area contributed by atoms with E-state index in [1.165, 1.54) is 31.2 Å². The van der Waals surface area contributed by atoms with Crippen LogP contribution in [0.3, 0.4) is 0 Å². The summed E-state index contributed by atoms with van der Waals surface area (Å²) in [6.07, 6.45) is 11.0. The van der Waals surface area contributed by atoms with Crippen LogP contribution in [0, 0.1) is 17.6 Å². The first kappa shape index (κ1) is 23.2. The van der Waals surface area contributed by atoms with E-state index in [9.17, 15) is 4.39 Å². The number of halogens is 2. The molecule has 3 aromatic carbocycles. The molecule has 0 aliphatic heterocycles. The van der Waals surface area contributed by atoms with Gasteiger partial charge in [0.15, 0.2) is 11.6 Å². The molecule has 4 rings (SSSR count). The van der Waals surface area contributed by atoms with Crippen molar-refractivity contribution in [3.63, 3.8) is 0 Å². The number of allylic oxidation sites excluding steroid dienone is 2. The van der Waals surface area contributed by atoms with Gasteiger partial charge in [-0.25, -0.2) is 8.78 Å². The Morgan fingerprint density at radius 1 is 1.00 bits per heavy atom. The number of hydrogen-bond acceptors (Lipinski definition) is 1. The third-order valence-corrected chi connectivity index (χ3v) is 7.00. The number of rotatable bonds is 7. The van der Waals surface area contributed by atoms with Gasteiger partial charge in [0.25, 0.3) is 0 Å². The lowest BCUT2D eigenvalue weighted by atomic mass is 9.78. The second-order valence-corrected chi connectivity index (χ2v) is 9.10. The quantitative estimate of drug-likeness (QED) is 0.330. The molecule has 3 heteroatoms. The Hall–Kier alpha value is -2.94. The second-order valence-electron chi connectivity index (χ2n) is 9.10. The predicted octanol–water partition coefficient (Wildman–Crippen LogP) is 8.68. The molecule has 1 aliphatic carbocycles. The van der Waals surface area contributed by atoms with Crippen LogP contribution in [0.1, 0.15) is 68.1 Å². The van der Waals surface area contributed by atoms with Gasteiger partial charge in [-0.15, -0.1) is 0 Å². The molecule has 0 radical (unpaired) electrons. The predicted molar refractivity (Wildman–Crippen MR) is 133 cm³/mol. The Balaban J connectivity index is 1.55. The molecule has 1 unspecified atom stereocenters. The third kappa shape index (κ3) is 5.03. The fraction of sp³-hybridized carbons (Fsp3) is 0.333. The van der Waals surface area contributed by atoms with Gasteiger partial charge in [0, 0.05) is 11.3 Å². The summed E-state index contributed by atoms with van der Waals surface area (Å²) >= 11 is 0. The Kier molecular flexibility index (Phi) is 7.27. The molecule has 1 atom stereocenters. The number of fused-ring (bicyclic) bond motifs is 1. The van der Waals surface area contributed by atoms with E-state index in [1.807, 2.05) is 6.92 Å². The van der Waals surface area contributed by atoms with Gasteiger partial charge in [0.05, 0.1) is 0 Å². The van der Waals surface area contributed by atoms with Crippen molar-refractivity contribution in [2.45, 2.75) is 51.4 Å². The molecule has 1 fully saturated rings. The normalized spacial score (nSPS) is 19.6. The van der Waals surface area contributed by atoms with Gasteiger partial charge in [0.1, 0.15) is 12.4 Å². The number of benzene rings is 3. The SMILES string of the molecule is C=CCOc1ccc2cc(C(C)c3ccc(C4CCC(/C=C/C)CC4)cc3)c(F)c(F)c2c1. The largest absolute Gasteiger partial charge is 0.490 e. The molecule has 0 spiro atoms. The molecule has 0 amide bonds. The van der Waals surface area contributed by atoms with E-state index < -0.39 is 11.6 Å². The molecule has 0 saturated heterocycles. The molecule has 1 saturated carbocycles. The lowest BCUT2D eigenvalue weighted by Crippen LogP contribution is -2.11. The fourth-order valence-corrected chi connectivity index (χ4v) is 5.04. The molecular weight excluding hydrogens is 414 g/mol. The van der Waals surface area contributed by atoms with E-state index in [2.05, 4.69) is 49.9 Å². The first-order chi connectivity index (χ1) is 16.0. The van der Waals surface area contributed by atoms with Crippen LogP contribution in [0.2, 0.25) is 0 Å². The molecule has 0 N–H and O–H groups in total. The highest BCUT2D eigenvalue weighted by Gasteiger charge is 2.22. The zero-order valence-electron chi connectivity index (χ0n) is 19.5. The smallest absolute Gasteiger partial charge is 0.167 e. The minimum Gasteiger partial charge on any atom is -0.490 e. The van der Waals surface area contributed by atoms with Crippen LogP contribution < -0.4 is 4.74 Å². The monoisotopic (exact) mass is 446 g/mol. The Morgan fingerprint density at radius 2 is 1.73 bits per heavy atom. The lowest BCUT2D eigenvalue weighted by Gasteiger charge is -2.27. The average molecular weight is 447 g/mol.